The first-order valence-corrected chi connectivity index (χ1v) is 11.1. The van der Waals surface area contributed by atoms with Crippen LogP contribution < -0.4 is 0 Å². The van der Waals surface area contributed by atoms with Crippen LogP contribution in [0.1, 0.15) is 27.6 Å². The molecule has 0 bridgehead atoms. The molecule has 0 radical (unpaired) electrons. The van der Waals surface area contributed by atoms with Crippen LogP contribution in [0.5, 0.6) is 0 Å². The molecule has 1 aliphatic heterocycles. The van der Waals surface area contributed by atoms with Gasteiger partial charge < -0.3 is 9.64 Å². The van der Waals surface area contributed by atoms with Crippen molar-refractivity contribution in [1.82, 2.24) is 14.7 Å². The molecule has 0 spiro atoms. The van der Waals surface area contributed by atoms with Gasteiger partial charge in [-0.3, -0.25) is 14.6 Å². The smallest absolute Gasteiger partial charge is 0.410 e. The number of nitrogens with zero attached hydrogens (tertiary/aromatic N) is 3. The lowest BCUT2D eigenvalue weighted by molar-refractivity contribution is 0.0729. The summed E-state index contributed by atoms with van der Waals surface area (Å²) in [6, 6.07) is 21.5. The number of carbonyl (C=O) groups excluding carboxylic acids is 2. The average molecular weight is 462 g/mol. The summed E-state index contributed by atoms with van der Waals surface area (Å²) in [4.78, 5) is 30.3. The van der Waals surface area contributed by atoms with E-state index < -0.39 is 6.10 Å². The largest absolute Gasteiger partial charge is 0.439 e. The molecule has 1 heterocycles. The summed E-state index contributed by atoms with van der Waals surface area (Å²) in [7, 11) is 5.63. The van der Waals surface area contributed by atoms with Crippen LogP contribution in [0.3, 0.4) is 0 Å². The second-order valence-corrected chi connectivity index (χ2v) is 8.81. The van der Waals surface area contributed by atoms with Gasteiger partial charge in [0.2, 0.25) is 0 Å². The van der Waals surface area contributed by atoms with Crippen molar-refractivity contribution in [3.63, 3.8) is 0 Å². The van der Waals surface area contributed by atoms with Crippen molar-refractivity contribution < 1.29 is 18.7 Å². The number of halogens is 1. The highest BCUT2D eigenvalue weighted by molar-refractivity contribution is 5.95. The number of hydrogen-bond donors (Lipinski definition) is 0. The van der Waals surface area contributed by atoms with Crippen LogP contribution in [0.25, 0.3) is 11.1 Å². The molecule has 0 N–H and O–H groups in total. The molecular formula is C27H28FN3O3. The van der Waals surface area contributed by atoms with Crippen LogP contribution in [-0.4, -0.2) is 61.1 Å². The SMILES string of the molecule is CN(C)CN(C)C(=O)c1cccc(-c2ccc(CN3CC(c4ccc(F)cc4)OC3=O)cc2)c1. The third-order valence-corrected chi connectivity index (χ3v) is 5.74. The number of carbonyl (C=O) groups is 2. The zero-order valence-electron chi connectivity index (χ0n) is 19.6. The van der Waals surface area contributed by atoms with Gasteiger partial charge in [-0.25, -0.2) is 9.18 Å². The van der Waals surface area contributed by atoms with E-state index in [2.05, 4.69) is 0 Å². The van der Waals surface area contributed by atoms with E-state index in [4.69, 9.17) is 4.74 Å². The molecule has 7 heteroatoms. The Labute approximate surface area is 199 Å². The van der Waals surface area contributed by atoms with Gasteiger partial charge in [-0.1, -0.05) is 48.5 Å². The van der Waals surface area contributed by atoms with Crippen molar-refractivity contribution in [3.8, 4) is 11.1 Å². The van der Waals surface area contributed by atoms with E-state index in [1.165, 1.54) is 12.1 Å². The predicted molar refractivity (Wildman–Crippen MR) is 129 cm³/mol. The Morgan fingerprint density at radius 3 is 2.38 bits per heavy atom. The second-order valence-electron chi connectivity index (χ2n) is 8.81. The minimum Gasteiger partial charge on any atom is -0.439 e. The number of rotatable bonds is 7. The molecule has 1 fully saturated rings. The molecule has 0 aromatic heterocycles. The maximum Gasteiger partial charge on any atom is 0.410 e. The Hall–Kier alpha value is -3.71. The maximum absolute atomic E-state index is 13.2. The van der Waals surface area contributed by atoms with Gasteiger partial charge in [0.15, 0.2) is 0 Å². The predicted octanol–water partition coefficient (Wildman–Crippen LogP) is 4.78. The lowest BCUT2D eigenvalue weighted by Gasteiger charge is -2.21. The first-order valence-electron chi connectivity index (χ1n) is 11.1. The summed E-state index contributed by atoms with van der Waals surface area (Å²) in [6.45, 7) is 1.38. The molecular weight excluding hydrogens is 433 g/mol. The van der Waals surface area contributed by atoms with Crippen LogP contribution >= 0.6 is 0 Å². The van der Waals surface area contributed by atoms with Crippen molar-refractivity contribution in [2.24, 2.45) is 0 Å². The van der Waals surface area contributed by atoms with Gasteiger partial charge in [-0.2, -0.15) is 0 Å². The van der Waals surface area contributed by atoms with E-state index in [1.807, 2.05) is 67.5 Å². The quantitative estimate of drug-likeness (QED) is 0.476. The van der Waals surface area contributed by atoms with E-state index in [0.717, 1.165) is 22.3 Å². The van der Waals surface area contributed by atoms with Crippen molar-refractivity contribution in [2.45, 2.75) is 12.6 Å². The topological polar surface area (TPSA) is 53.1 Å². The molecule has 1 atom stereocenters. The Balaban J connectivity index is 1.42. The summed E-state index contributed by atoms with van der Waals surface area (Å²) in [6.07, 6.45) is -0.787. The van der Waals surface area contributed by atoms with Crippen molar-refractivity contribution in [1.29, 1.82) is 0 Å². The van der Waals surface area contributed by atoms with Crippen molar-refractivity contribution in [2.75, 3.05) is 34.4 Å². The zero-order valence-corrected chi connectivity index (χ0v) is 19.6. The van der Waals surface area contributed by atoms with Crippen LogP contribution in [0.15, 0.2) is 72.8 Å². The molecule has 0 aliphatic carbocycles. The Bertz CT molecular complexity index is 1160. The molecule has 6 nitrogen and oxygen atoms in total. The van der Waals surface area contributed by atoms with Crippen molar-refractivity contribution in [3.05, 3.63) is 95.3 Å². The van der Waals surface area contributed by atoms with Crippen LogP contribution in [0.2, 0.25) is 0 Å². The fraction of sp³-hybridized carbons (Fsp3) is 0.259. The highest BCUT2D eigenvalue weighted by Crippen LogP contribution is 2.28. The average Bonchev–Trinajstić information content (AvgIpc) is 3.19. The lowest BCUT2D eigenvalue weighted by atomic mass is 10.0. The fourth-order valence-electron chi connectivity index (χ4n) is 4.05. The molecule has 2 amide bonds. The highest BCUT2D eigenvalue weighted by atomic mass is 19.1. The first-order chi connectivity index (χ1) is 16.3. The van der Waals surface area contributed by atoms with Crippen LogP contribution in [0, 0.1) is 5.82 Å². The standard InChI is InChI=1S/C27H28FN3O3/c1-29(2)18-30(3)26(32)23-6-4-5-22(15-23)20-9-7-19(8-10-20)16-31-17-25(34-27(31)33)21-11-13-24(28)14-12-21/h4-15,25H,16-18H2,1-3H3. The van der Waals surface area contributed by atoms with Gasteiger partial charge in [0, 0.05) is 19.2 Å². The van der Waals surface area contributed by atoms with E-state index in [1.54, 1.807) is 29.0 Å². The molecule has 1 saturated heterocycles. The minimum atomic E-state index is -0.404. The van der Waals surface area contributed by atoms with Gasteiger partial charge >= 0.3 is 6.09 Å². The number of hydrogen-bond acceptors (Lipinski definition) is 4. The molecule has 4 rings (SSSR count). The Morgan fingerprint density at radius 1 is 1.00 bits per heavy atom. The minimum absolute atomic E-state index is 0.0320. The third-order valence-electron chi connectivity index (χ3n) is 5.74. The molecule has 1 unspecified atom stereocenters. The third kappa shape index (κ3) is 5.43. The summed E-state index contributed by atoms with van der Waals surface area (Å²) in [5, 5.41) is 0. The molecule has 176 valence electrons. The Kier molecular flexibility index (Phi) is 6.93. The molecule has 3 aromatic carbocycles. The summed E-state index contributed by atoms with van der Waals surface area (Å²) < 4.78 is 18.6. The van der Waals surface area contributed by atoms with Gasteiger partial charge in [0.05, 0.1) is 13.2 Å². The van der Waals surface area contributed by atoms with E-state index in [-0.39, 0.29) is 17.8 Å². The first kappa shape index (κ1) is 23.4. The fourth-order valence-corrected chi connectivity index (χ4v) is 4.05. The molecule has 3 aromatic rings. The number of benzene rings is 3. The molecule has 34 heavy (non-hydrogen) atoms. The normalized spacial score (nSPS) is 15.5. The number of cyclic esters (lactones) is 1. The number of amides is 2. The summed E-state index contributed by atoms with van der Waals surface area (Å²) in [5.41, 5.74) is 4.32. The van der Waals surface area contributed by atoms with Crippen molar-refractivity contribution >= 4 is 12.0 Å². The monoisotopic (exact) mass is 461 g/mol. The van der Waals surface area contributed by atoms with Gasteiger partial charge in [0.25, 0.3) is 5.91 Å². The molecule has 0 saturated carbocycles. The van der Waals surface area contributed by atoms with E-state index >= 15 is 0 Å². The Morgan fingerprint density at radius 2 is 1.71 bits per heavy atom. The van der Waals surface area contributed by atoms with Gasteiger partial charge in [0.1, 0.15) is 11.9 Å². The molecule has 1 aliphatic rings. The highest BCUT2D eigenvalue weighted by Gasteiger charge is 2.32. The van der Waals surface area contributed by atoms with Crippen LogP contribution in [-0.2, 0) is 11.3 Å². The maximum atomic E-state index is 13.2. The van der Waals surface area contributed by atoms with Gasteiger partial charge in [-0.05, 0) is 60.6 Å². The summed E-state index contributed by atoms with van der Waals surface area (Å²) in [5.74, 6) is -0.351. The second kappa shape index (κ2) is 10.1. The lowest BCUT2D eigenvalue weighted by Crippen LogP contribution is -2.35. The van der Waals surface area contributed by atoms with Gasteiger partial charge in [-0.15, -0.1) is 0 Å². The van der Waals surface area contributed by atoms with E-state index in [0.29, 0.717) is 25.3 Å². The zero-order chi connectivity index (χ0) is 24.2. The van der Waals surface area contributed by atoms with E-state index in [9.17, 15) is 14.0 Å². The van der Waals surface area contributed by atoms with Crippen LogP contribution in [0.4, 0.5) is 9.18 Å². The summed E-state index contributed by atoms with van der Waals surface area (Å²) >= 11 is 0. The number of ether oxygens (including phenoxy) is 1.